The number of hydrogen-bond acceptors (Lipinski definition) is 3. The van der Waals surface area contributed by atoms with E-state index in [4.69, 9.17) is 5.26 Å². The fourth-order valence-corrected chi connectivity index (χ4v) is 1.26. The lowest BCUT2D eigenvalue weighted by atomic mass is 9.85. The highest BCUT2D eigenvalue weighted by Gasteiger charge is 2.24. The lowest BCUT2D eigenvalue weighted by Gasteiger charge is -2.17. The second-order valence-corrected chi connectivity index (χ2v) is 3.97. The molecule has 0 amide bonds. The molecule has 1 N–H and O–H groups in total. The summed E-state index contributed by atoms with van der Waals surface area (Å²) in [5, 5.41) is 12.1. The highest BCUT2D eigenvalue weighted by atomic mass is 14.8. The minimum absolute atomic E-state index is 0.429. The van der Waals surface area contributed by atoms with E-state index in [2.05, 4.69) is 30.2 Å². The number of aromatic nitrogens is 1. The van der Waals surface area contributed by atoms with Gasteiger partial charge < -0.3 is 5.32 Å². The number of nitrogens with zero attached hydrogens (tertiary/aromatic N) is 2. The summed E-state index contributed by atoms with van der Waals surface area (Å²) >= 11 is 0. The van der Waals surface area contributed by atoms with Crippen molar-refractivity contribution < 1.29 is 0 Å². The summed E-state index contributed by atoms with van der Waals surface area (Å²) in [6.45, 7) is 10.3. The zero-order chi connectivity index (χ0) is 13.1. The molecule has 0 aliphatic rings. The van der Waals surface area contributed by atoms with E-state index in [0.717, 1.165) is 25.2 Å². The first-order chi connectivity index (χ1) is 8.14. The Balaban J connectivity index is 0.000000437. The average molecular weight is 233 g/mol. The van der Waals surface area contributed by atoms with Gasteiger partial charge in [-0.1, -0.05) is 26.8 Å². The van der Waals surface area contributed by atoms with Crippen molar-refractivity contribution >= 4 is 0 Å². The first-order valence-corrected chi connectivity index (χ1v) is 6.18. The van der Waals surface area contributed by atoms with E-state index in [1.807, 2.05) is 32.0 Å². The van der Waals surface area contributed by atoms with Gasteiger partial charge in [-0.05, 0) is 38.6 Å². The Labute approximate surface area is 105 Å². The number of rotatable bonds is 4. The van der Waals surface area contributed by atoms with E-state index in [1.165, 1.54) is 0 Å². The van der Waals surface area contributed by atoms with Crippen LogP contribution in [-0.4, -0.2) is 18.1 Å². The van der Waals surface area contributed by atoms with Gasteiger partial charge in [0.15, 0.2) is 0 Å². The maximum absolute atomic E-state index is 8.95. The van der Waals surface area contributed by atoms with Crippen molar-refractivity contribution in [1.82, 2.24) is 10.3 Å². The molecule has 3 heteroatoms. The maximum Gasteiger partial charge on any atom is 0.0962 e. The van der Waals surface area contributed by atoms with Crippen LogP contribution in [0.3, 0.4) is 0 Å². The Morgan fingerprint density at radius 3 is 2.24 bits per heavy atom. The fraction of sp³-hybridized carbons (Fsp3) is 0.571. The molecular formula is C14H23N3. The van der Waals surface area contributed by atoms with Crippen LogP contribution in [0.2, 0.25) is 0 Å². The Kier molecular flexibility index (Phi) is 8.00. The van der Waals surface area contributed by atoms with Crippen LogP contribution in [0.25, 0.3) is 0 Å². The average Bonchev–Trinajstić information content (AvgIpc) is 2.40. The van der Waals surface area contributed by atoms with E-state index in [1.54, 1.807) is 6.20 Å². The lowest BCUT2D eigenvalue weighted by molar-refractivity contribution is 0.568. The zero-order valence-corrected chi connectivity index (χ0v) is 11.3. The third-order valence-electron chi connectivity index (χ3n) is 2.68. The molecule has 0 saturated heterocycles. The van der Waals surface area contributed by atoms with Crippen LogP contribution in [0.1, 0.15) is 39.8 Å². The summed E-state index contributed by atoms with van der Waals surface area (Å²) in [5.74, 6) is 0. The van der Waals surface area contributed by atoms with Gasteiger partial charge in [0.05, 0.1) is 17.2 Å². The zero-order valence-electron chi connectivity index (χ0n) is 11.3. The Bertz CT molecular complexity index is 327. The van der Waals surface area contributed by atoms with Crippen molar-refractivity contribution in [3.63, 3.8) is 0 Å². The quantitative estimate of drug-likeness (QED) is 0.870. The molecule has 1 atom stereocenters. The van der Waals surface area contributed by atoms with E-state index < -0.39 is 5.41 Å². The number of nitriles is 1. The highest BCUT2D eigenvalue weighted by molar-refractivity contribution is 5.23. The van der Waals surface area contributed by atoms with Crippen molar-refractivity contribution in [3.05, 3.63) is 30.1 Å². The molecule has 0 aromatic carbocycles. The van der Waals surface area contributed by atoms with Gasteiger partial charge in [0.25, 0.3) is 0 Å². The maximum atomic E-state index is 8.95. The van der Waals surface area contributed by atoms with E-state index in [0.29, 0.717) is 0 Å². The number of pyridine rings is 1. The smallest absolute Gasteiger partial charge is 0.0962 e. The van der Waals surface area contributed by atoms with Gasteiger partial charge in [-0.3, -0.25) is 4.98 Å². The molecule has 0 fully saturated rings. The lowest BCUT2D eigenvalue weighted by Crippen LogP contribution is -2.19. The molecule has 94 valence electrons. The third kappa shape index (κ3) is 5.46. The van der Waals surface area contributed by atoms with Crippen LogP contribution in [-0.2, 0) is 5.41 Å². The van der Waals surface area contributed by atoms with Crippen molar-refractivity contribution in [2.45, 2.75) is 39.5 Å². The van der Waals surface area contributed by atoms with Crippen LogP contribution in [0, 0.1) is 11.3 Å². The molecule has 0 radical (unpaired) electrons. The molecule has 1 aromatic rings. The molecule has 0 aliphatic carbocycles. The first-order valence-electron chi connectivity index (χ1n) is 6.18. The summed E-state index contributed by atoms with van der Waals surface area (Å²) in [4.78, 5) is 4.17. The fourth-order valence-electron chi connectivity index (χ4n) is 1.26. The van der Waals surface area contributed by atoms with Crippen LogP contribution in [0.15, 0.2) is 24.4 Å². The molecule has 1 aromatic heterocycles. The van der Waals surface area contributed by atoms with E-state index in [-0.39, 0.29) is 0 Å². The van der Waals surface area contributed by atoms with Gasteiger partial charge in [-0.25, -0.2) is 0 Å². The molecule has 0 bridgehead atoms. The summed E-state index contributed by atoms with van der Waals surface area (Å²) in [6.07, 6.45) is 2.51. The minimum Gasteiger partial charge on any atom is -0.317 e. The predicted molar refractivity (Wildman–Crippen MR) is 71.7 cm³/mol. The molecule has 1 rings (SSSR count). The summed E-state index contributed by atoms with van der Waals surface area (Å²) in [6, 6.07) is 7.95. The Hall–Kier alpha value is -1.40. The topological polar surface area (TPSA) is 48.7 Å². The van der Waals surface area contributed by atoms with Gasteiger partial charge in [0.1, 0.15) is 0 Å². The first kappa shape index (κ1) is 15.6. The largest absolute Gasteiger partial charge is 0.317 e. The molecule has 3 nitrogen and oxygen atoms in total. The molecule has 0 aliphatic heterocycles. The molecule has 0 saturated carbocycles. The van der Waals surface area contributed by atoms with Gasteiger partial charge in [-0.15, -0.1) is 0 Å². The van der Waals surface area contributed by atoms with E-state index in [9.17, 15) is 0 Å². The van der Waals surface area contributed by atoms with Gasteiger partial charge in [0, 0.05) is 6.20 Å². The van der Waals surface area contributed by atoms with Crippen molar-refractivity contribution in [1.29, 1.82) is 5.26 Å². The molecule has 17 heavy (non-hydrogen) atoms. The second kappa shape index (κ2) is 8.72. The predicted octanol–water partition coefficient (Wildman–Crippen LogP) is 2.89. The summed E-state index contributed by atoms with van der Waals surface area (Å²) in [5.41, 5.74) is 0.427. The second-order valence-electron chi connectivity index (χ2n) is 3.97. The van der Waals surface area contributed by atoms with Crippen LogP contribution in [0.4, 0.5) is 0 Å². The van der Waals surface area contributed by atoms with E-state index >= 15 is 0 Å². The SMILES string of the molecule is CCC(C)(C#N)c1ccccn1.CCNCC. The molecule has 0 spiro atoms. The van der Waals surface area contributed by atoms with Crippen molar-refractivity contribution in [3.8, 4) is 6.07 Å². The van der Waals surface area contributed by atoms with Crippen molar-refractivity contribution in [2.24, 2.45) is 0 Å². The summed E-state index contributed by atoms with van der Waals surface area (Å²) < 4.78 is 0. The molecule has 1 heterocycles. The van der Waals surface area contributed by atoms with Crippen LogP contribution in [0.5, 0.6) is 0 Å². The Morgan fingerprint density at radius 1 is 1.29 bits per heavy atom. The monoisotopic (exact) mass is 233 g/mol. The van der Waals surface area contributed by atoms with Gasteiger partial charge in [0.2, 0.25) is 0 Å². The van der Waals surface area contributed by atoms with Gasteiger partial charge in [-0.2, -0.15) is 5.26 Å². The summed E-state index contributed by atoms with van der Waals surface area (Å²) in [7, 11) is 0. The van der Waals surface area contributed by atoms with Crippen molar-refractivity contribution in [2.75, 3.05) is 13.1 Å². The van der Waals surface area contributed by atoms with Crippen LogP contribution >= 0.6 is 0 Å². The number of nitrogens with one attached hydrogen (secondary N) is 1. The minimum atomic E-state index is -0.429. The number of hydrogen-bond donors (Lipinski definition) is 1. The normalized spacial score (nSPS) is 12.9. The molecular weight excluding hydrogens is 210 g/mol. The molecule has 1 unspecified atom stereocenters. The van der Waals surface area contributed by atoms with Gasteiger partial charge >= 0.3 is 0 Å². The van der Waals surface area contributed by atoms with Crippen LogP contribution < -0.4 is 5.32 Å². The Morgan fingerprint density at radius 2 is 1.94 bits per heavy atom. The third-order valence-corrected chi connectivity index (χ3v) is 2.68. The highest BCUT2D eigenvalue weighted by Crippen LogP contribution is 2.23. The standard InChI is InChI=1S/C10H12N2.C4H11N/c1-3-10(2,8-11)9-6-4-5-7-12-9;1-3-5-4-2/h4-7H,3H2,1-2H3;5H,3-4H2,1-2H3.